The van der Waals surface area contributed by atoms with Crippen molar-refractivity contribution in [3.63, 3.8) is 0 Å². The molecule has 16 heavy (non-hydrogen) atoms. The molecule has 1 fully saturated rings. The molecule has 0 radical (unpaired) electrons. The van der Waals surface area contributed by atoms with Crippen molar-refractivity contribution < 1.29 is 14.3 Å². The molecule has 0 spiro atoms. The number of amides is 1. The molecule has 2 rings (SSSR count). The Morgan fingerprint density at radius 1 is 1.44 bits per heavy atom. The minimum absolute atomic E-state index is 0.206. The maximum absolute atomic E-state index is 10.7. The zero-order chi connectivity index (χ0) is 11.4. The molecular weight excluding hydrogens is 206 g/mol. The first-order chi connectivity index (χ1) is 7.75. The van der Waals surface area contributed by atoms with Gasteiger partial charge in [0.1, 0.15) is 24.5 Å². The predicted molar refractivity (Wildman–Crippen MR) is 58.7 cm³/mol. The van der Waals surface area contributed by atoms with Crippen molar-refractivity contribution in [1.29, 1.82) is 0 Å². The molecule has 1 saturated carbocycles. The fourth-order valence-electron chi connectivity index (χ4n) is 2.41. The molecule has 88 valence electrons. The van der Waals surface area contributed by atoms with E-state index in [4.69, 9.17) is 15.2 Å². The lowest BCUT2D eigenvalue weighted by Gasteiger charge is -2.16. The van der Waals surface area contributed by atoms with Crippen LogP contribution in [0.25, 0.3) is 0 Å². The molecule has 1 amide bonds. The molecule has 0 aromatic heterocycles. The van der Waals surface area contributed by atoms with E-state index in [0.29, 0.717) is 18.3 Å². The molecule has 2 aliphatic rings. The lowest BCUT2D eigenvalue weighted by Crippen LogP contribution is -2.12. The van der Waals surface area contributed by atoms with E-state index < -0.39 is 0 Å². The third-order valence-electron chi connectivity index (χ3n) is 3.27. The number of carbonyl (C=O) groups is 1. The van der Waals surface area contributed by atoms with Crippen LogP contribution in [0.1, 0.15) is 32.1 Å². The molecular formula is C12H17NO3. The van der Waals surface area contributed by atoms with Crippen LogP contribution in [0.2, 0.25) is 0 Å². The van der Waals surface area contributed by atoms with Crippen molar-refractivity contribution in [2.24, 2.45) is 17.6 Å². The number of rotatable bonds is 4. The SMILES string of the molecule is NC(=O)CCC1CCC(C2=COC=CO2)C1. The van der Waals surface area contributed by atoms with Crippen LogP contribution in [0.3, 0.4) is 0 Å². The van der Waals surface area contributed by atoms with Gasteiger partial charge in [-0.15, -0.1) is 0 Å². The van der Waals surface area contributed by atoms with Crippen molar-refractivity contribution >= 4 is 5.91 Å². The van der Waals surface area contributed by atoms with Gasteiger partial charge in [0.2, 0.25) is 5.91 Å². The predicted octanol–water partition coefficient (Wildman–Crippen LogP) is 2.03. The highest BCUT2D eigenvalue weighted by atomic mass is 16.5. The number of carbonyl (C=O) groups excluding carboxylic acids is 1. The van der Waals surface area contributed by atoms with E-state index in [9.17, 15) is 4.79 Å². The Balaban J connectivity index is 1.79. The van der Waals surface area contributed by atoms with E-state index in [1.54, 1.807) is 12.5 Å². The van der Waals surface area contributed by atoms with E-state index >= 15 is 0 Å². The quantitative estimate of drug-likeness (QED) is 0.793. The van der Waals surface area contributed by atoms with Gasteiger partial charge in [0.05, 0.1) is 0 Å². The first-order valence-electron chi connectivity index (χ1n) is 5.71. The van der Waals surface area contributed by atoms with Crippen LogP contribution in [0.4, 0.5) is 0 Å². The summed E-state index contributed by atoms with van der Waals surface area (Å²) in [4.78, 5) is 10.7. The molecule has 2 unspecified atom stereocenters. The summed E-state index contributed by atoms with van der Waals surface area (Å²) in [5.74, 6) is 1.72. The molecule has 2 N–H and O–H groups in total. The molecule has 1 aliphatic heterocycles. The van der Waals surface area contributed by atoms with Gasteiger partial charge in [-0.1, -0.05) is 0 Å². The highest BCUT2D eigenvalue weighted by Crippen LogP contribution is 2.38. The van der Waals surface area contributed by atoms with E-state index in [-0.39, 0.29) is 5.91 Å². The fourth-order valence-corrected chi connectivity index (χ4v) is 2.41. The lowest BCUT2D eigenvalue weighted by molar-refractivity contribution is -0.118. The first-order valence-corrected chi connectivity index (χ1v) is 5.71. The standard InChI is InChI=1S/C12H17NO3/c13-12(14)4-2-9-1-3-10(7-9)11-8-15-5-6-16-11/h5-6,8-10H,1-4,7H2,(H2,13,14). The maximum Gasteiger partial charge on any atom is 0.217 e. The number of nitrogens with two attached hydrogens (primary N) is 1. The zero-order valence-corrected chi connectivity index (χ0v) is 9.22. The largest absolute Gasteiger partial charge is 0.466 e. The number of ether oxygens (including phenoxy) is 2. The summed E-state index contributed by atoms with van der Waals surface area (Å²) in [6, 6.07) is 0. The number of hydrogen-bond acceptors (Lipinski definition) is 3. The molecule has 1 aliphatic carbocycles. The van der Waals surface area contributed by atoms with Crippen LogP contribution in [-0.2, 0) is 14.3 Å². The zero-order valence-electron chi connectivity index (χ0n) is 9.22. The van der Waals surface area contributed by atoms with Gasteiger partial charge in [-0.25, -0.2) is 0 Å². The van der Waals surface area contributed by atoms with Crippen LogP contribution in [0.5, 0.6) is 0 Å². The van der Waals surface area contributed by atoms with Crippen molar-refractivity contribution in [3.8, 4) is 0 Å². The van der Waals surface area contributed by atoms with Crippen molar-refractivity contribution in [2.75, 3.05) is 0 Å². The van der Waals surface area contributed by atoms with E-state index in [0.717, 1.165) is 31.4 Å². The van der Waals surface area contributed by atoms with Crippen LogP contribution < -0.4 is 5.73 Å². The third-order valence-corrected chi connectivity index (χ3v) is 3.27. The molecule has 4 heteroatoms. The normalized spacial score (nSPS) is 28.1. The Morgan fingerprint density at radius 2 is 2.31 bits per heavy atom. The molecule has 1 heterocycles. The van der Waals surface area contributed by atoms with Crippen molar-refractivity contribution in [2.45, 2.75) is 32.1 Å². The van der Waals surface area contributed by atoms with Gasteiger partial charge in [0.25, 0.3) is 0 Å². The van der Waals surface area contributed by atoms with Gasteiger partial charge in [0.15, 0.2) is 0 Å². The van der Waals surface area contributed by atoms with E-state index in [2.05, 4.69) is 0 Å². The van der Waals surface area contributed by atoms with E-state index in [1.807, 2.05) is 0 Å². The summed E-state index contributed by atoms with van der Waals surface area (Å²) < 4.78 is 10.5. The second kappa shape index (κ2) is 5.05. The minimum Gasteiger partial charge on any atom is -0.466 e. The highest BCUT2D eigenvalue weighted by Gasteiger charge is 2.29. The Bertz CT molecular complexity index is 322. The summed E-state index contributed by atoms with van der Waals surface area (Å²) in [5.41, 5.74) is 5.14. The molecule has 0 aromatic carbocycles. The highest BCUT2D eigenvalue weighted by molar-refractivity contribution is 5.73. The average molecular weight is 223 g/mol. The Morgan fingerprint density at radius 3 is 3.00 bits per heavy atom. The summed E-state index contributed by atoms with van der Waals surface area (Å²) in [7, 11) is 0. The van der Waals surface area contributed by atoms with Crippen molar-refractivity contribution in [1.82, 2.24) is 0 Å². The summed E-state index contributed by atoms with van der Waals surface area (Å²) >= 11 is 0. The van der Waals surface area contributed by atoms with Crippen LogP contribution in [0.15, 0.2) is 24.5 Å². The number of hydrogen-bond donors (Lipinski definition) is 1. The van der Waals surface area contributed by atoms with Gasteiger partial charge < -0.3 is 15.2 Å². The molecule has 4 nitrogen and oxygen atoms in total. The summed E-state index contributed by atoms with van der Waals surface area (Å²) in [5, 5.41) is 0. The van der Waals surface area contributed by atoms with Gasteiger partial charge >= 0.3 is 0 Å². The van der Waals surface area contributed by atoms with Gasteiger partial charge in [-0.3, -0.25) is 4.79 Å². The monoisotopic (exact) mass is 223 g/mol. The lowest BCUT2D eigenvalue weighted by atomic mass is 9.99. The second-order valence-corrected chi connectivity index (χ2v) is 4.43. The molecule has 0 bridgehead atoms. The Kier molecular flexibility index (Phi) is 3.49. The van der Waals surface area contributed by atoms with Gasteiger partial charge in [-0.2, -0.15) is 0 Å². The second-order valence-electron chi connectivity index (χ2n) is 4.43. The third kappa shape index (κ3) is 2.78. The fraction of sp³-hybridized carbons (Fsp3) is 0.583. The van der Waals surface area contributed by atoms with Gasteiger partial charge in [-0.05, 0) is 31.6 Å². The Hall–Kier alpha value is -1.45. The van der Waals surface area contributed by atoms with Crippen molar-refractivity contribution in [3.05, 3.63) is 24.5 Å². The van der Waals surface area contributed by atoms with Crippen LogP contribution >= 0.6 is 0 Å². The van der Waals surface area contributed by atoms with Gasteiger partial charge in [0, 0.05) is 12.3 Å². The minimum atomic E-state index is -0.206. The number of primary amides is 1. The molecule has 0 aromatic rings. The average Bonchev–Trinajstić information content (AvgIpc) is 2.76. The maximum atomic E-state index is 10.7. The topological polar surface area (TPSA) is 61.6 Å². The molecule has 0 saturated heterocycles. The first kappa shape index (κ1) is 11.0. The smallest absolute Gasteiger partial charge is 0.217 e. The Labute approximate surface area is 95.1 Å². The summed E-state index contributed by atoms with van der Waals surface area (Å²) in [6.07, 6.45) is 9.45. The van der Waals surface area contributed by atoms with Crippen LogP contribution in [0, 0.1) is 11.8 Å². The van der Waals surface area contributed by atoms with E-state index in [1.165, 1.54) is 6.26 Å². The van der Waals surface area contributed by atoms with Crippen LogP contribution in [-0.4, -0.2) is 5.91 Å². The molecule has 2 atom stereocenters. The number of allylic oxidation sites excluding steroid dienone is 1. The summed E-state index contributed by atoms with van der Waals surface area (Å²) in [6.45, 7) is 0.